The smallest absolute Gasteiger partial charge is 0.410 e. The third-order valence-electron chi connectivity index (χ3n) is 3.95. The SMILES string of the molecule is CC(C)C(NCC1COCCN1C(=O)OC(C)(C)C)c1cccs1. The van der Waals surface area contributed by atoms with Gasteiger partial charge in [0.2, 0.25) is 0 Å². The highest BCUT2D eigenvalue weighted by Gasteiger charge is 2.31. The topological polar surface area (TPSA) is 50.8 Å². The van der Waals surface area contributed by atoms with Gasteiger partial charge in [-0.1, -0.05) is 19.9 Å². The number of hydrogen-bond donors (Lipinski definition) is 1. The zero-order valence-corrected chi connectivity index (χ0v) is 16.2. The van der Waals surface area contributed by atoms with Gasteiger partial charge in [-0.15, -0.1) is 11.3 Å². The summed E-state index contributed by atoms with van der Waals surface area (Å²) in [6, 6.07) is 4.52. The van der Waals surface area contributed by atoms with Crippen LogP contribution in [0.2, 0.25) is 0 Å². The van der Waals surface area contributed by atoms with Crippen LogP contribution >= 0.6 is 11.3 Å². The fraction of sp³-hybridized carbons (Fsp3) is 0.722. The van der Waals surface area contributed by atoms with Gasteiger partial charge in [-0.3, -0.25) is 4.90 Å². The normalized spacial score (nSPS) is 20.2. The van der Waals surface area contributed by atoms with Crippen molar-refractivity contribution in [3.8, 4) is 0 Å². The molecule has 24 heavy (non-hydrogen) atoms. The van der Waals surface area contributed by atoms with E-state index in [0.29, 0.717) is 32.2 Å². The Balaban J connectivity index is 1.98. The quantitative estimate of drug-likeness (QED) is 0.876. The maximum Gasteiger partial charge on any atom is 0.410 e. The average Bonchev–Trinajstić information content (AvgIpc) is 2.99. The van der Waals surface area contributed by atoms with Gasteiger partial charge in [0, 0.05) is 24.0 Å². The molecule has 2 unspecified atom stereocenters. The molecule has 1 saturated heterocycles. The Morgan fingerprint density at radius 3 is 2.83 bits per heavy atom. The van der Waals surface area contributed by atoms with Crippen LogP contribution in [0.15, 0.2) is 17.5 Å². The van der Waals surface area contributed by atoms with Crippen LogP contribution in [0.25, 0.3) is 0 Å². The second kappa shape index (κ2) is 8.32. The summed E-state index contributed by atoms with van der Waals surface area (Å²) in [6.07, 6.45) is -0.255. The summed E-state index contributed by atoms with van der Waals surface area (Å²) < 4.78 is 11.1. The minimum Gasteiger partial charge on any atom is -0.444 e. The van der Waals surface area contributed by atoms with E-state index in [-0.39, 0.29) is 18.2 Å². The van der Waals surface area contributed by atoms with E-state index in [0.717, 1.165) is 0 Å². The lowest BCUT2D eigenvalue weighted by Gasteiger charge is -2.37. The third kappa shape index (κ3) is 5.46. The van der Waals surface area contributed by atoms with Crippen molar-refractivity contribution in [3.63, 3.8) is 0 Å². The highest BCUT2D eigenvalue weighted by molar-refractivity contribution is 7.10. The minimum atomic E-state index is -0.481. The highest BCUT2D eigenvalue weighted by atomic mass is 32.1. The summed E-state index contributed by atoms with van der Waals surface area (Å²) in [5.41, 5.74) is -0.481. The summed E-state index contributed by atoms with van der Waals surface area (Å²) in [7, 11) is 0. The average molecular weight is 355 g/mol. The van der Waals surface area contributed by atoms with Crippen LogP contribution in [0.5, 0.6) is 0 Å². The molecule has 0 bridgehead atoms. The molecule has 0 saturated carbocycles. The van der Waals surface area contributed by atoms with Crippen molar-refractivity contribution in [2.75, 3.05) is 26.3 Å². The summed E-state index contributed by atoms with van der Waals surface area (Å²) in [5.74, 6) is 0.475. The zero-order chi connectivity index (χ0) is 17.7. The Hall–Kier alpha value is -1.11. The molecule has 0 radical (unpaired) electrons. The molecule has 2 atom stereocenters. The van der Waals surface area contributed by atoms with Gasteiger partial charge in [-0.05, 0) is 38.1 Å². The second-order valence-electron chi connectivity index (χ2n) is 7.55. The predicted octanol–water partition coefficient (Wildman–Crippen LogP) is 3.67. The van der Waals surface area contributed by atoms with Gasteiger partial charge in [-0.25, -0.2) is 4.79 Å². The zero-order valence-electron chi connectivity index (χ0n) is 15.4. The number of nitrogens with zero attached hydrogens (tertiary/aromatic N) is 1. The Morgan fingerprint density at radius 1 is 1.50 bits per heavy atom. The summed E-state index contributed by atoms with van der Waals surface area (Å²) in [6.45, 7) is 12.5. The molecule has 6 heteroatoms. The largest absolute Gasteiger partial charge is 0.444 e. The van der Waals surface area contributed by atoms with Crippen LogP contribution in [-0.4, -0.2) is 48.9 Å². The van der Waals surface area contributed by atoms with E-state index in [4.69, 9.17) is 9.47 Å². The van der Waals surface area contributed by atoms with Gasteiger partial charge in [0.05, 0.1) is 19.3 Å². The molecule has 2 rings (SSSR count). The molecule has 136 valence electrons. The molecule has 0 spiro atoms. The first-order chi connectivity index (χ1) is 11.3. The molecule has 0 aliphatic carbocycles. The van der Waals surface area contributed by atoms with E-state index in [1.165, 1.54) is 4.88 Å². The number of ether oxygens (including phenoxy) is 2. The molecule has 1 aliphatic heterocycles. The Labute approximate surface area is 149 Å². The van der Waals surface area contributed by atoms with E-state index >= 15 is 0 Å². The Bertz CT molecular complexity index is 511. The number of carbonyl (C=O) groups is 1. The number of carbonyl (C=O) groups excluding carboxylic acids is 1. The molecule has 1 aromatic rings. The van der Waals surface area contributed by atoms with E-state index in [9.17, 15) is 4.79 Å². The fourth-order valence-electron chi connectivity index (χ4n) is 2.78. The number of hydrogen-bond acceptors (Lipinski definition) is 5. The summed E-state index contributed by atoms with van der Waals surface area (Å²) in [5, 5.41) is 5.72. The van der Waals surface area contributed by atoms with Crippen LogP contribution in [0, 0.1) is 5.92 Å². The third-order valence-corrected chi connectivity index (χ3v) is 4.90. The number of thiophene rings is 1. The van der Waals surface area contributed by atoms with E-state index in [1.54, 1.807) is 16.2 Å². The summed E-state index contributed by atoms with van der Waals surface area (Å²) in [4.78, 5) is 15.6. The van der Waals surface area contributed by atoms with Crippen molar-refractivity contribution in [2.45, 2.75) is 52.3 Å². The lowest BCUT2D eigenvalue weighted by molar-refractivity contribution is -0.0324. The first kappa shape index (κ1) is 19.2. The first-order valence-electron chi connectivity index (χ1n) is 8.62. The minimum absolute atomic E-state index is 0.00480. The fourth-order valence-corrected chi connectivity index (χ4v) is 3.75. The molecule has 1 amide bonds. The number of rotatable bonds is 5. The number of amides is 1. The van der Waals surface area contributed by atoms with Crippen molar-refractivity contribution in [1.29, 1.82) is 0 Å². The standard InChI is InChI=1S/C18H30N2O3S/c1-13(2)16(15-7-6-10-24-15)19-11-14-12-22-9-8-20(14)17(21)23-18(3,4)5/h6-7,10,13-14,16,19H,8-9,11-12H2,1-5H3. The Kier molecular flexibility index (Phi) is 6.66. The molecule has 1 fully saturated rings. The lowest BCUT2D eigenvalue weighted by Crippen LogP contribution is -2.54. The van der Waals surface area contributed by atoms with Crippen molar-refractivity contribution in [3.05, 3.63) is 22.4 Å². The van der Waals surface area contributed by atoms with Crippen molar-refractivity contribution < 1.29 is 14.3 Å². The van der Waals surface area contributed by atoms with Gasteiger partial charge in [0.15, 0.2) is 0 Å². The van der Waals surface area contributed by atoms with Crippen LogP contribution in [0.3, 0.4) is 0 Å². The Morgan fingerprint density at radius 2 is 2.25 bits per heavy atom. The maximum absolute atomic E-state index is 12.5. The van der Waals surface area contributed by atoms with E-state index < -0.39 is 5.60 Å². The molecular formula is C18H30N2O3S. The van der Waals surface area contributed by atoms with E-state index in [1.807, 2.05) is 20.8 Å². The predicted molar refractivity (Wildman–Crippen MR) is 97.4 cm³/mol. The van der Waals surface area contributed by atoms with Gasteiger partial charge in [0.1, 0.15) is 5.60 Å². The first-order valence-corrected chi connectivity index (χ1v) is 9.50. The molecule has 2 heterocycles. The molecular weight excluding hydrogens is 324 g/mol. The second-order valence-corrected chi connectivity index (χ2v) is 8.53. The summed E-state index contributed by atoms with van der Waals surface area (Å²) >= 11 is 1.76. The van der Waals surface area contributed by atoms with Gasteiger partial charge < -0.3 is 14.8 Å². The molecule has 0 aromatic carbocycles. The van der Waals surface area contributed by atoms with Gasteiger partial charge >= 0.3 is 6.09 Å². The van der Waals surface area contributed by atoms with Crippen LogP contribution in [0.1, 0.15) is 45.5 Å². The molecule has 5 nitrogen and oxygen atoms in total. The van der Waals surface area contributed by atoms with Crippen LogP contribution in [-0.2, 0) is 9.47 Å². The molecule has 1 aliphatic rings. The monoisotopic (exact) mass is 354 g/mol. The van der Waals surface area contributed by atoms with Gasteiger partial charge in [0.25, 0.3) is 0 Å². The van der Waals surface area contributed by atoms with Crippen molar-refractivity contribution >= 4 is 17.4 Å². The van der Waals surface area contributed by atoms with E-state index in [2.05, 4.69) is 36.7 Å². The molecule has 1 N–H and O–H groups in total. The molecule has 1 aromatic heterocycles. The van der Waals surface area contributed by atoms with Crippen molar-refractivity contribution in [2.24, 2.45) is 5.92 Å². The number of morpholine rings is 1. The van der Waals surface area contributed by atoms with Crippen molar-refractivity contribution in [1.82, 2.24) is 10.2 Å². The van der Waals surface area contributed by atoms with Crippen LogP contribution < -0.4 is 5.32 Å². The van der Waals surface area contributed by atoms with Gasteiger partial charge in [-0.2, -0.15) is 0 Å². The lowest BCUT2D eigenvalue weighted by atomic mass is 10.0. The maximum atomic E-state index is 12.5. The highest BCUT2D eigenvalue weighted by Crippen LogP contribution is 2.26. The van der Waals surface area contributed by atoms with Crippen LogP contribution in [0.4, 0.5) is 4.79 Å². The number of nitrogens with one attached hydrogen (secondary N) is 1.